The Morgan fingerprint density at radius 2 is 1.16 bits per heavy atom. The van der Waals surface area contributed by atoms with Crippen LogP contribution in [0.3, 0.4) is 0 Å². The summed E-state index contributed by atoms with van der Waals surface area (Å²) >= 11 is 0. The van der Waals surface area contributed by atoms with Crippen molar-refractivity contribution >= 4 is 32.0 Å². The number of hydrogen-bond acceptors (Lipinski definition) is 9. The van der Waals surface area contributed by atoms with E-state index >= 15 is 0 Å². The lowest BCUT2D eigenvalue weighted by Gasteiger charge is -2.23. The molecule has 3 N–H and O–H groups in total. The Hall–Kier alpha value is -3.36. The Bertz CT molecular complexity index is 1500. The number of methoxy groups -OCH3 is 1. The van der Waals surface area contributed by atoms with Crippen LogP contribution in [-0.4, -0.2) is 66.3 Å². The van der Waals surface area contributed by atoms with Crippen molar-refractivity contribution in [1.82, 2.24) is 9.44 Å². The van der Waals surface area contributed by atoms with Gasteiger partial charge in [-0.15, -0.1) is 0 Å². The monoisotopic (exact) mass is 650 g/mol. The van der Waals surface area contributed by atoms with Gasteiger partial charge < -0.3 is 14.6 Å². The van der Waals surface area contributed by atoms with Gasteiger partial charge in [-0.3, -0.25) is 9.59 Å². The highest BCUT2D eigenvalue weighted by Crippen LogP contribution is 2.16. The molecule has 0 radical (unpaired) electrons. The number of benzene rings is 2. The molecule has 2 rings (SSSR count). The van der Waals surface area contributed by atoms with Crippen LogP contribution in [0.1, 0.15) is 37.8 Å². The van der Waals surface area contributed by atoms with Gasteiger partial charge in [-0.05, 0) is 49.9 Å². The number of aliphatic hydroxyl groups is 1. The maximum Gasteiger partial charge on any atom is 0.309 e. The van der Waals surface area contributed by atoms with E-state index in [0.717, 1.165) is 11.1 Å². The van der Waals surface area contributed by atoms with E-state index in [9.17, 15) is 31.5 Å². The molecule has 11 nitrogen and oxygen atoms in total. The molecule has 0 bridgehead atoms. The molecule has 0 unspecified atom stereocenters. The predicted octanol–water partition coefficient (Wildman–Crippen LogP) is 3.17. The van der Waals surface area contributed by atoms with Crippen molar-refractivity contribution in [3.8, 4) is 0 Å². The summed E-state index contributed by atoms with van der Waals surface area (Å²) in [5.41, 5.74) is 1.80. The second-order valence-corrected chi connectivity index (χ2v) is 13.9. The van der Waals surface area contributed by atoms with E-state index in [0.29, 0.717) is 0 Å². The second-order valence-electron chi connectivity index (χ2n) is 10.5. The zero-order chi connectivity index (χ0) is 32.9. The first kappa shape index (κ1) is 36.8. The van der Waals surface area contributed by atoms with Gasteiger partial charge in [0.05, 0.1) is 48.4 Å². The molecule has 0 fully saturated rings. The summed E-state index contributed by atoms with van der Waals surface area (Å²) in [6.07, 6.45) is 6.12. The number of nitrogens with one attached hydrogen (secondary N) is 2. The van der Waals surface area contributed by atoms with E-state index in [1.54, 1.807) is 56.3 Å². The molecule has 0 saturated carbocycles. The highest BCUT2D eigenvalue weighted by atomic mass is 32.2. The average Bonchev–Trinajstić information content (AvgIpc) is 2.98. The number of aryl methyl sites for hydroxylation is 2. The van der Waals surface area contributed by atoms with Crippen molar-refractivity contribution in [2.24, 2.45) is 11.8 Å². The van der Waals surface area contributed by atoms with E-state index in [-0.39, 0.29) is 29.2 Å². The first-order valence-corrected chi connectivity index (χ1v) is 17.0. The number of hydrogen-bond donors (Lipinski definition) is 3. The molecule has 0 aliphatic carbocycles. The number of sulfonamides is 2. The van der Waals surface area contributed by atoms with Gasteiger partial charge in [0.25, 0.3) is 0 Å². The molecule has 44 heavy (non-hydrogen) atoms. The summed E-state index contributed by atoms with van der Waals surface area (Å²) in [5, 5.41) is 9.81. The fourth-order valence-corrected chi connectivity index (χ4v) is 6.55. The molecule has 4 atom stereocenters. The van der Waals surface area contributed by atoms with Crippen LogP contribution in [0.15, 0.2) is 82.6 Å². The smallest absolute Gasteiger partial charge is 0.309 e. The molecular weight excluding hydrogens is 608 g/mol. The van der Waals surface area contributed by atoms with Crippen LogP contribution >= 0.6 is 0 Å². The van der Waals surface area contributed by atoms with Crippen LogP contribution in [0.5, 0.6) is 0 Å². The van der Waals surface area contributed by atoms with Crippen molar-refractivity contribution in [1.29, 1.82) is 0 Å². The average molecular weight is 651 g/mol. The fourth-order valence-electron chi connectivity index (χ4n) is 3.92. The lowest BCUT2D eigenvalue weighted by atomic mass is 10.0. The predicted molar refractivity (Wildman–Crippen MR) is 166 cm³/mol. The van der Waals surface area contributed by atoms with Crippen LogP contribution in [0.4, 0.5) is 0 Å². The van der Waals surface area contributed by atoms with Crippen molar-refractivity contribution in [2.45, 2.75) is 62.4 Å². The first-order valence-electron chi connectivity index (χ1n) is 14.0. The Morgan fingerprint density at radius 1 is 0.750 bits per heavy atom. The van der Waals surface area contributed by atoms with E-state index in [2.05, 4.69) is 14.2 Å². The molecule has 0 aliphatic heterocycles. The molecule has 0 aromatic heterocycles. The fraction of sp³-hybridized carbons (Fsp3) is 0.419. The number of ether oxygens (including phenoxy) is 2. The summed E-state index contributed by atoms with van der Waals surface area (Å²) in [6, 6.07) is 10.9. The molecule has 0 amide bonds. The largest absolute Gasteiger partial charge is 0.469 e. The van der Waals surface area contributed by atoms with Gasteiger partial charge in [-0.2, -0.15) is 0 Å². The number of aliphatic hydroxyl groups excluding tert-OH is 1. The molecule has 13 heteroatoms. The SMILES string of the molecule is COC(=O)C/C=C/[C@@H](C)[C@@H](COC(=O)C/C=C/[C@@H](C)[C@@H](CO)NS(=O)(=O)c1ccc(C)cc1)NS(=O)(=O)c1ccc(C)cc1. The zero-order valence-electron chi connectivity index (χ0n) is 25.6. The second kappa shape index (κ2) is 17.2. The van der Waals surface area contributed by atoms with E-state index in [4.69, 9.17) is 4.74 Å². The first-order chi connectivity index (χ1) is 20.7. The highest BCUT2D eigenvalue weighted by molar-refractivity contribution is 7.89. The van der Waals surface area contributed by atoms with Crippen molar-refractivity contribution < 1.29 is 41.0 Å². The Morgan fingerprint density at radius 3 is 1.59 bits per heavy atom. The normalized spacial score (nSPS) is 15.1. The lowest BCUT2D eigenvalue weighted by Crippen LogP contribution is -2.42. The number of esters is 2. The molecular formula is C31H42N2O9S2. The van der Waals surface area contributed by atoms with Crippen LogP contribution < -0.4 is 9.44 Å². The van der Waals surface area contributed by atoms with Crippen LogP contribution in [-0.2, 0) is 39.1 Å². The summed E-state index contributed by atoms with van der Waals surface area (Å²) in [6.45, 7) is 6.34. The van der Waals surface area contributed by atoms with Gasteiger partial charge in [-0.1, -0.05) is 73.5 Å². The van der Waals surface area contributed by atoms with E-state index in [1.165, 1.54) is 37.5 Å². The van der Waals surface area contributed by atoms with Gasteiger partial charge in [0, 0.05) is 0 Å². The van der Waals surface area contributed by atoms with Crippen molar-refractivity contribution in [3.05, 3.63) is 84.0 Å². The maximum atomic E-state index is 13.0. The van der Waals surface area contributed by atoms with Crippen LogP contribution in [0, 0.1) is 25.7 Å². The van der Waals surface area contributed by atoms with Gasteiger partial charge in [0.1, 0.15) is 6.61 Å². The summed E-state index contributed by atoms with van der Waals surface area (Å²) in [5.74, 6) is -2.03. The third kappa shape index (κ3) is 12.0. The maximum absolute atomic E-state index is 13.0. The number of carbonyl (C=O) groups excluding carboxylic acids is 2. The number of rotatable bonds is 17. The lowest BCUT2D eigenvalue weighted by molar-refractivity contribution is -0.143. The minimum Gasteiger partial charge on any atom is -0.469 e. The molecule has 0 saturated heterocycles. The topological polar surface area (TPSA) is 165 Å². The molecule has 0 heterocycles. The van der Waals surface area contributed by atoms with E-state index in [1.807, 2.05) is 13.8 Å². The van der Waals surface area contributed by atoms with Crippen LogP contribution in [0.2, 0.25) is 0 Å². The zero-order valence-corrected chi connectivity index (χ0v) is 27.2. The van der Waals surface area contributed by atoms with Gasteiger partial charge >= 0.3 is 11.9 Å². The number of carbonyl (C=O) groups is 2. The minimum atomic E-state index is -3.95. The molecule has 2 aromatic rings. The van der Waals surface area contributed by atoms with E-state index < -0.39 is 62.5 Å². The van der Waals surface area contributed by atoms with Crippen LogP contribution in [0.25, 0.3) is 0 Å². The third-order valence-corrected chi connectivity index (χ3v) is 9.85. The molecule has 0 spiro atoms. The molecule has 2 aromatic carbocycles. The van der Waals surface area contributed by atoms with Gasteiger partial charge in [0.2, 0.25) is 20.0 Å². The van der Waals surface area contributed by atoms with Crippen molar-refractivity contribution in [2.75, 3.05) is 20.3 Å². The van der Waals surface area contributed by atoms with Gasteiger partial charge in [-0.25, -0.2) is 26.3 Å². The Labute approximate surface area is 260 Å². The molecule has 242 valence electrons. The third-order valence-electron chi connectivity index (χ3n) is 6.84. The summed E-state index contributed by atoms with van der Waals surface area (Å²) in [7, 11) is -6.56. The minimum absolute atomic E-state index is 0.00293. The Kier molecular flexibility index (Phi) is 14.4. The summed E-state index contributed by atoms with van der Waals surface area (Å²) < 4.78 is 66.6. The van der Waals surface area contributed by atoms with Crippen molar-refractivity contribution in [3.63, 3.8) is 0 Å². The van der Waals surface area contributed by atoms with Gasteiger partial charge in [0.15, 0.2) is 0 Å². The summed E-state index contributed by atoms with van der Waals surface area (Å²) in [4.78, 5) is 24.1. The quantitative estimate of drug-likeness (QED) is 0.172. The highest BCUT2D eigenvalue weighted by Gasteiger charge is 2.26. The molecule has 0 aliphatic rings. The standard InChI is InChI=1S/C31H42N2O9S2/c1-22-12-16-26(17-13-22)43(37,38)32-28(20-34)24(3)8-7-11-31(36)42-21-29(25(4)9-6-10-30(35)41-5)33-44(39,40)27-18-14-23(2)15-19-27/h6-9,12-19,24-25,28-29,32-34H,10-11,20-21H2,1-5H3/b8-7+,9-6+/t24-,25-,28-,29-/m1/s1. The Balaban J connectivity index is 2.04.